The number of hydrogen-bond acceptors (Lipinski definition) is 4. The van der Waals surface area contributed by atoms with Crippen molar-refractivity contribution >= 4 is 23.4 Å². The van der Waals surface area contributed by atoms with Crippen LogP contribution in [0.2, 0.25) is 0 Å². The van der Waals surface area contributed by atoms with Gasteiger partial charge in [0.05, 0.1) is 5.25 Å². The van der Waals surface area contributed by atoms with Crippen molar-refractivity contribution in [1.29, 1.82) is 0 Å². The molecule has 26 heavy (non-hydrogen) atoms. The van der Waals surface area contributed by atoms with Gasteiger partial charge >= 0.3 is 0 Å². The molecule has 1 aliphatic carbocycles. The van der Waals surface area contributed by atoms with Crippen LogP contribution in [0.1, 0.15) is 69.3 Å². The predicted molar refractivity (Wildman–Crippen MR) is 107 cm³/mol. The largest absolute Gasteiger partial charge is 0.325 e. The van der Waals surface area contributed by atoms with Crippen LogP contribution >= 0.6 is 11.8 Å². The van der Waals surface area contributed by atoms with Crippen LogP contribution in [0.25, 0.3) is 0 Å². The third-order valence-corrected chi connectivity index (χ3v) is 5.91. The van der Waals surface area contributed by atoms with Crippen LogP contribution in [-0.2, 0) is 11.3 Å². The molecule has 1 N–H and O–H groups in total. The van der Waals surface area contributed by atoms with Crippen LogP contribution in [0.5, 0.6) is 0 Å². The normalized spacial score (nSPS) is 15.3. The lowest BCUT2D eigenvalue weighted by atomic mass is 9.98. The van der Waals surface area contributed by atoms with E-state index in [4.69, 9.17) is 0 Å². The van der Waals surface area contributed by atoms with Crippen LogP contribution in [-0.4, -0.2) is 25.9 Å². The molecule has 0 saturated heterocycles. The van der Waals surface area contributed by atoms with Gasteiger partial charge in [0.15, 0.2) is 5.16 Å². The number of rotatable bonds is 7. The van der Waals surface area contributed by atoms with Gasteiger partial charge in [-0.05, 0) is 50.7 Å². The number of para-hydroxylation sites is 1. The summed E-state index contributed by atoms with van der Waals surface area (Å²) in [6.07, 6.45) is 2.40. The van der Waals surface area contributed by atoms with Gasteiger partial charge in [-0.1, -0.05) is 43.8 Å². The lowest BCUT2D eigenvalue weighted by molar-refractivity contribution is -0.115. The fourth-order valence-electron chi connectivity index (χ4n) is 3.11. The molecule has 1 atom stereocenters. The third kappa shape index (κ3) is 3.95. The molecule has 0 aliphatic heterocycles. The second kappa shape index (κ2) is 7.82. The predicted octanol–water partition coefficient (Wildman–Crippen LogP) is 4.73. The highest BCUT2D eigenvalue weighted by molar-refractivity contribution is 8.00. The molecular weight excluding hydrogens is 344 g/mol. The summed E-state index contributed by atoms with van der Waals surface area (Å²) in [4.78, 5) is 12.8. The molecule has 1 heterocycles. The van der Waals surface area contributed by atoms with Gasteiger partial charge < -0.3 is 9.88 Å². The van der Waals surface area contributed by atoms with E-state index in [0.717, 1.165) is 28.8 Å². The van der Waals surface area contributed by atoms with Gasteiger partial charge in [0.2, 0.25) is 5.91 Å². The topological polar surface area (TPSA) is 59.8 Å². The monoisotopic (exact) mass is 372 g/mol. The maximum absolute atomic E-state index is 12.8. The number of nitrogens with one attached hydrogen (secondary N) is 1. The molecule has 1 fully saturated rings. The van der Waals surface area contributed by atoms with E-state index in [0.29, 0.717) is 11.8 Å². The van der Waals surface area contributed by atoms with Crippen molar-refractivity contribution in [2.45, 2.75) is 76.2 Å². The van der Waals surface area contributed by atoms with E-state index < -0.39 is 0 Å². The Labute approximate surface area is 160 Å². The molecule has 1 aromatic carbocycles. The molecule has 1 unspecified atom stereocenters. The lowest BCUT2D eigenvalue weighted by Gasteiger charge is -2.18. The summed E-state index contributed by atoms with van der Waals surface area (Å²) in [6.45, 7) is 11.2. The number of carbonyl (C=O) groups is 1. The summed E-state index contributed by atoms with van der Waals surface area (Å²) in [5.74, 6) is 1.99. The highest BCUT2D eigenvalue weighted by Crippen LogP contribution is 2.40. The smallest absolute Gasteiger partial charge is 0.237 e. The number of thioether (sulfide) groups is 1. The molecule has 6 heteroatoms. The van der Waals surface area contributed by atoms with Gasteiger partial charge in [-0.3, -0.25) is 4.79 Å². The second-order valence-electron chi connectivity index (χ2n) is 7.30. The van der Waals surface area contributed by atoms with E-state index in [9.17, 15) is 4.79 Å². The Morgan fingerprint density at radius 1 is 1.31 bits per heavy atom. The van der Waals surface area contributed by atoms with E-state index in [1.807, 2.05) is 26.0 Å². The van der Waals surface area contributed by atoms with Crippen molar-refractivity contribution in [2.75, 3.05) is 5.32 Å². The number of anilines is 1. The van der Waals surface area contributed by atoms with Crippen molar-refractivity contribution in [1.82, 2.24) is 14.8 Å². The zero-order valence-corrected chi connectivity index (χ0v) is 17.1. The number of carbonyl (C=O) groups excluding carboxylic acids is 1. The molecule has 1 saturated carbocycles. The van der Waals surface area contributed by atoms with Gasteiger partial charge in [0, 0.05) is 18.2 Å². The average molecular weight is 373 g/mol. The quantitative estimate of drug-likeness (QED) is 0.714. The van der Waals surface area contributed by atoms with Gasteiger partial charge in [0.1, 0.15) is 5.82 Å². The first-order chi connectivity index (χ1) is 12.4. The van der Waals surface area contributed by atoms with E-state index in [-0.39, 0.29) is 11.2 Å². The summed E-state index contributed by atoms with van der Waals surface area (Å²) < 4.78 is 2.15. The zero-order valence-electron chi connectivity index (χ0n) is 16.2. The number of aromatic nitrogens is 3. The minimum atomic E-state index is -0.240. The molecule has 1 aromatic heterocycles. The number of benzene rings is 1. The minimum Gasteiger partial charge on any atom is -0.325 e. The standard InChI is InChI=1S/C20H28N4OS/c1-6-24-18(15-10-11-15)22-23-20(24)26-14(5)19(25)21-17-13(4)8-7-9-16(17)12(2)3/h7-9,12,14-15H,6,10-11H2,1-5H3,(H,21,25). The third-order valence-electron chi connectivity index (χ3n) is 4.83. The molecule has 0 radical (unpaired) electrons. The number of nitrogens with zero attached hydrogens (tertiary/aromatic N) is 3. The van der Waals surface area contributed by atoms with Crippen molar-refractivity contribution in [3.8, 4) is 0 Å². The van der Waals surface area contributed by atoms with Crippen molar-refractivity contribution in [2.24, 2.45) is 0 Å². The summed E-state index contributed by atoms with van der Waals surface area (Å²) in [7, 11) is 0. The van der Waals surface area contributed by atoms with Crippen LogP contribution in [0.4, 0.5) is 5.69 Å². The molecule has 1 amide bonds. The van der Waals surface area contributed by atoms with Gasteiger partial charge in [0.25, 0.3) is 0 Å². The van der Waals surface area contributed by atoms with Gasteiger partial charge in [-0.2, -0.15) is 0 Å². The highest BCUT2D eigenvalue weighted by atomic mass is 32.2. The van der Waals surface area contributed by atoms with Crippen molar-refractivity contribution < 1.29 is 4.79 Å². The van der Waals surface area contributed by atoms with Crippen LogP contribution in [0.3, 0.4) is 0 Å². The maximum atomic E-state index is 12.8. The van der Waals surface area contributed by atoms with Crippen LogP contribution in [0, 0.1) is 6.92 Å². The molecule has 1 aliphatic rings. The number of amides is 1. The Morgan fingerprint density at radius 3 is 2.65 bits per heavy atom. The van der Waals surface area contributed by atoms with E-state index in [1.165, 1.54) is 30.2 Å². The SMILES string of the molecule is CCn1c(SC(C)C(=O)Nc2c(C)cccc2C(C)C)nnc1C1CC1. The first-order valence-corrected chi connectivity index (χ1v) is 10.3. The Kier molecular flexibility index (Phi) is 5.70. The molecule has 5 nitrogen and oxygen atoms in total. The van der Waals surface area contributed by atoms with Crippen molar-refractivity contribution in [3.05, 3.63) is 35.2 Å². The van der Waals surface area contributed by atoms with Crippen LogP contribution in [0.15, 0.2) is 23.4 Å². The Hall–Kier alpha value is -1.82. The molecule has 0 spiro atoms. The molecular formula is C20H28N4OS. The Bertz CT molecular complexity index is 795. The first-order valence-electron chi connectivity index (χ1n) is 9.42. The fourth-order valence-corrected chi connectivity index (χ4v) is 4.03. The van der Waals surface area contributed by atoms with Gasteiger partial charge in [-0.25, -0.2) is 0 Å². The molecule has 140 valence electrons. The second-order valence-corrected chi connectivity index (χ2v) is 8.61. The molecule has 0 bridgehead atoms. The average Bonchev–Trinajstić information content (AvgIpc) is 3.37. The van der Waals surface area contributed by atoms with E-state index >= 15 is 0 Å². The van der Waals surface area contributed by atoms with E-state index in [2.05, 4.69) is 46.9 Å². The van der Waals surface area contributed by atoms with Crippen LogP contribution < -0.4 is 5.32 Å². The Morgan fingerprint density at radius 2 is 2.04 bits per heavy atom. The van der Waals surface area contributed by atoms with Gasteiger partial charge in [-0.15, -0.1) is 10.2 Å². The fraction of sp³-hybridized carbons (Fsp3) is 0.550. The molecule has 3 rings (SSSR count). The maximum Gasteiger partial charge on any atom is 0.237 e. The number of aryl methyl sites for hydroxylation is 1. The summed E-state index contributed by atoms with van der Waals surface area (Å²) in [5.41, 5.74) is 3.20. The Balaban J connectivity index is 1.73. The summed E-state index contributed by atoms with van der Waals surface area (Å²) in [6, 6.07) is 6.16. The highest BCUT2D eigenvalue weighted by Gasteiger charge is 2.30. The first kappa shape index (κ1) is 19.0. The van der Waals surface area contributed by atoms with Crippen molar-refractivity contribution in [3.63, 3.8) is 0 Å². The number of hydrogen-bond donors (Lipinski definition) is 1. The summed E-state index contributed by atoms with van der Waals surface area (Å²) >= 11 is 1.49. The lowest BCUT2D eigenvalue weighted by Crippen LogP contribution is -2.24. The zero-order chi connectivity index (χ0) is 18.8. The summed E-state index contributed by atoms with van der Waals surface area (Å²) in [5, 5.41) is 12.4. The molecule has 2 aromatic rings. The van der Waals surface area contributed by atoms with E-state index in [1.54, 1.807) is 0 Å². The minimum absolute atomic E-state index is 0.00447.